The first-order valence-corrected chi connectivity index (χ1v) is 6.60. The van der Waals surface area contributed by atoms with Crippen LogP contribution in [0, 0.1) is 0 Å². The Balaban J connectivity index is 2.46. The van der Waals surface area contributed by atoms with Gasteiger partial charge in [-0.1, -0.05) is 26.2 Å². The summed E-state index contributed by atoms with van der Waals surface area (Å²) in [6.07, 6.45) is 5.84. The molecule has 1 aliphatic carbocycles. The van der Waals surface area contributed by atoms with Crippen molar-refractivity contribution in [2.75, 3.05) is 5.75 Å². The van der Waals surface area contributed by atoms with Gasteiger partial charge in [0.1, 0.15) is 0 Å². The third kappa shape index (κ3) is 2.47. The van der Waals surface area contributed by atoms with E-state index in [9.17, 15) is 8.42 Å². The summed E-state index contributed by atoms with van der Waals surface area (Å²) in [5.74, 6) is 0.411. The molecule has 0 saturated heterocycles. The number of unbranched alkanes of at least 4 members (excludes halogenated alkanes) is 1. The van der Waals surface area contributed by atoms with Crippen LogP contribution in [0.2, 0.25) is 0 Å². The van der Waals surface area contributed by atoms with Gasteiger partial charge in [0, 0.05) is 0 Å². The van der Waals surface area contributed by atoms with E-state index in [1.165, 1.54) is 0 Å². The number of hydrogen-bond donors (Lipinski definition) is 0. The van der Waals surface area contributed by atoms with Gasteiger partial charge in [-0.2, -0.15) is 0 Å². The van der Waals surface area contributed by atoms with Gasteiger partial charge < -0.3 is 0 Å². The summed E-state index contributed by atoms with van der Waals surface area (Å²) >= 11 is 0. The van der Waals surface area contributed by atoms with Crippen LogP contribution in [0.3, 0.4) is 0 Å². The smallest absolute Gasteiger partial charge is 0.153 e. The van der Waals surface area contributed by atoms with Crippen molar-refractivity contribution in [1.82, 2.24) is 0 Å². The summed E-state index contributed by atoms with van der Waals surface area (Å²) in [6.45, 7) is 2.03. The van der Waals surface area contributed by atoms with Crippen molar-refractivity contribution in [2.45, 2.75) is 50.7 Å². The Morgan fingerprint density at radius 3 is 2.33 bits per heavy atom. The Morgan fingerprint density at radius 2 is 1.83 bits per heavy atom. The second kappa shape index (κ2) is 4.26. The zero-order chi connectivity index (χ0) is 9.03. The lowest BCUT2D eigenvalue weighted by atomic mass is 10.4. The third-order valence-electron chi connectivity index (χ3n) is 2.59. The fraction of sp³-hybridized carbons (Fsp3) is 1.00. The van der Waals surface area contributed by atoms with Gasteiger partial charge in [-0.05, 0) is 19.3 Å². The zero-order valence-corrected chi connectivity index (χ0v) is 8.57. The molecule has 0 aromatic heterocycles. The van der Waals surface area contributed by atoms with E-state index in [4.69, 9.17) is 0 Å². The van der Waals surface area contributed by atoms with Crippen LogP contribution in [0.1, 0.15) is 45.4 Å². The van der Waals surface area contributed by atoms with E-state index in [-0.39, 0.29) is 5.25 Å². The predicted molar refractivity (Wildman–Crippen MR) is 51.0 cm³/mol. The molecule has 0 atom stereocenters. The van der Waals surface area contributed by atoms with Gasteiger partial charge >= 0.3 is 0 Å². The molecule has 1 rings (SSSR count). The molecule has 1 saturated carbocycles. The third-order valence-corrected chi connectivity index (χ3v) is 4.94. The minimum absolute atomic E-state index is 0.00375. The summed E-state index contributed by atoms with van der Waals surface area (Å²) in [4.78, 5) is 0. The molecule has 0 heterocycles. The topological polar surface area (TPSA) is 34.1 Å². The lowest BCUT2D eigenvalue weighted by Gasteiger charge is -2.09. The van der Waals surface area contributed by atoms with Crippen molar-refractivity contribution in [1.29, 1.82) is 0 Å². The Labute approximate surface area is 75.3 Å². The van der Waals surface area contributed by atoms with Gasteiger partial charge in [0.25, 0.3) is 0 Å². The highest BCUT2D eigenvalue weighted by Crippen LogP contribution is 2.25. The highest BCUT2D eigenvalue weighted by atomic mass is 32.2. The minimum Gasteiger partial charge on any atom is -0.229 e. The normalized spacial score (nSPS) is 20.1. The van der Waals surface area contributed by atoms with Crippen molar-refractivity contribution < 1.29 is 8.42 Å². The van der Waals surface area contributed by atoms with Crippen LogP contribution in [0.4, 0.5) is 0 Å². The molecule has 0 radical (unpaired) electrons. The van der Waals surface area contributed by atoms with Crippen LogP contribution in [0.5, 0.6) is 0 Å². The molecule has 72 valence electrons. The maximum absolute atomic E-state index is 11.6. The van der Waals surface area contributed by atoms with Crippen LogP contribution in [-0.4, -0.2) is 19.4 Å². The highest BCUT2D eigenvalue weighted by molar-refractivity contribution is 7.92. The molecule has 12 heavy (non-hydrogen) atoms. The molecule has 3 heteroatoms. The lowest BCUT2D eigenvalue weighted by Crippen LogP contribution is -2.20. The average molecular weight is 190 g/mol. The SMILES string of the molecule is CCCCS(=O)(=O)C1CCCC1. The Morgan fingerprint density at radius 1 is 1.25 bits per heavy atom. The highest BCUT2D eigenvalue weighted by Gasteiger charge is 2.27. The van der Waals surface area contributed by atoms with Crippen LogP contribution in [0.15, 0.2) is 0 Å². The molecule has 0 amide bonds. The van der Waals surface area contributed by atoms with Gasteiger partial charge in [-0.3, -0.25) is 0 Å². The molecular weight excluding hydrogens is 172 g/mol. The van der Waals surface area contributed by atoms with E-state index in [0.717, 1.165) is 38.5 Å². The summed E-state index contributed by atoms with van der Waals surface area (Å²) in [6, 6.07) is 0. The average Bonchev–Trinajstić information content (AvgIpc) is 2.53. The van der Waals surface area contributed by atoms with Gasteiger partial charge in [-0.25, -0.2) is 8.42 Å². The molecule has 0 aromatic carbocycles. The molecule has 0 unspecified atom stereocenters. The Hall–Kier alpha value is -0.0500. The molecule has 0 aromatic rings. The number of sulfone groups is 1. The van der Waals surface area contributed by atoms with Gasteiger partial charge in [0.05, 0.1) is 11.0 Å². The maximum atomic E-state index is 11.6. The summed E-state index contributed by atoms with van der Waals surface area (Å²) in [7, 11) is -2.72. The zero-order valence-electron chi connectivity index (χ0n) is 7.75. The van der Waals surface area contributed by atoms with Crippen molar-refractivity contribution in [3.63, 3.8) is 0 Å². The molecule has 0 aliphatic heterocycles. The maximum Gasteiger partial charge on any atom is 0.153 e. The van der Waals surface area contributed by atoms with Crippen LogP contribution >= 0.6 is 0 Å². The van der Waals surface area contributed by atoms with Crippen LogP contribution in [-0.2, 0) is 9.84 Å². The molecule has 0 spiro atoms. The summed E-state index contributed by atoms with van der Waals surface area (Å²) in [5.41, 5.74) is 0. The van der Waals surface area contributed by atoms with E-state index in [1.807, 2.05) is 6.92 Å². The second-order valence-corrected chi connectivity index (χ2v) is 6.03. The quantitative estimate of drug-likeness (QED) is 0.680. The first-order valence-electron chi connectivity index (χ1n) is 4.88. The minimum atomic E-state index is -2.72. The second-order valence-electron chi connectivity index (χ2n) is 3.63. The standard InChI is InChI=1S/C9H18O2S/c1-2-3-8-12(10,11)9-6-4-5-7-9/h9H,2-8H2,1H3. The van der Waals surface area contributed by atoms with E-state index in [2.05, 4.69) is 0 Å². The summed E-state index contributed by atoms with van der Waals surface area (Å²) in [5, 5.41) is 0.00375. The molecule has 2 nitrogen and oxygen atoms in total. The number of hydrogen-bond acceptors (Lipinski definition) is 2. The van der Waals surface area contributed by atoms with Crippen molar-refractivity contribution >= 4 is 9.84 Å². The summed E-state index contributed by atoms with van der Waals surface area (Å²) < 4.78 is 23.2. The van der Waals surface area contributed by atoms with E-state index in [0.29, 0.717) is 5.75 Å². The van der Waals surface area contributed by atoms with Crippen LogP contribution < -0.4 is 0 Å². The van der Waals surface area contributed by atoms with Gasteiger partial charge in [0.15, 0.2) is 9.84 Å². The van der Waals surface area contributed by atoms with Crippen LogP contribution in [0.25, 0.3) is 0 Å². The van der Waals surface area contributed by atoms with E-state index in [1.54, 1.807) is 0 Å². The predicted octanol–water partition coefficient (Wildman–Crippen LogP) is 2.14. The van der Waals surface area contributed by atoms with E-state index >= 15 is 0 Å². The van der Waals surface area contributed by atoms with Crippen molar-refractivity contribution in [2.24, 2.45) is 0 Å². The molecule has 1 fully saturated rings. The van der Waals surface area contributed by atoms with Gasteiger partial charge in [0.2, 0.25) is 0 Å². The van der Waals surface area contributed by atoms with Crippen molar-refractivity contribution in [3.05, 3.63) is 0 Å². The molecule has 0 N–H and O–H groups in total. The van der Waals surface area contributed by atoms with Gasteiger partial charge in [-0.15, -0.1) is 0 Å². The molecular formula is C9H18O2S. The largest absolute Gasteiger partial charge is 0.229 e. The fourth-order valence-corrected chi connectivity index (χ4v) is 3.84. The Kier molecular flexibility index (Phi) is 3.56. The first kappa shape index (κ1) is 10.0. The molecule has 0 bridgehead atoms. The number of rotatable bonds is 4. The molecule has 1 aliphatic rings. The van der Waals surface area contributed by atoms with Crippen molar-refractivity contribution in [3.8, 4) is 0 Å². The Bertz CT molecular complexity index is 213. The van der Waals surface area contributed by atoms with E-state index < -0.39 is 9.84 Å². The first-order chi connectivity index (χ1) is 5.67. The fourth-order valence-electron chi connectivity index (χ4n) is 1.76. The monoisotopic (exact) mass is 190 g/mol. The lowest BCUT2D eigenvalue weighted by molar-refractivity contribution is 0.576.